The van der Waals surface area contributed by atoms with E-state index in [0.717, 1.165) is 129 Å². The summed E-state index contributed by atoms with van der Waals surface area (Å²) >= 11 is 32.7. The molecule has 550 valence electrons. The molecule has 9 N–H and O–H groups in total. The van der Waals surface area contributed by atoms with Crippen molar-refractivity contribution in [3.63, 3.8) is 0 Å². The van der Waals surface area contributed by atoms with E-state index in [1.54, 1.807) is 7.11 Å². The number of anilines is 4. The molecule has 0 amide bonds. The number of methoxy groups -OCH3 is 1. The molecule has 0 saturated carbocycles. The zero-order valence-electron chi connectivity index (χ0n) is 57.6. The van der Waals surface area contributed by atoms with Gasteiger partial charge in [-0.15, -0.1) is 0 Å². The number of hydrogen-bond donors (Lipinski definition) is 9. The van der Waals surface area contributed by atoms with Crippen molar-refractivity contribution in [2.75, 3.05) is 28.4 Å². The number of pyridine rings is 5. The minimum Gasteiger partial charge on any atom is -0.505 e. The number of unbranched alkanes of at least 4 members (excludes halogenated alkanes) is 2. The van der Waals surface area contributed by atoms with Crippen LogP contribution >= 0.6 is 202 Å². The number of halogens is 11. The molecular weight excluding hydrogens is 2260 g/mol. The molecule has 107 heavy (non-hydrogen) atoms. The largest absolute Gasteiger partial charge is 0.505 e. The summed E-state index contributed by atoms with van der Waals surface area (Å²) in [5.74, 6) is 1.85. The number of rotatable bonds is 17. The number of nitrogens with one attached hydrogen (secondary N) is 4. The van der Waals surface area contributed by atoms with Gasteiger partial charge >= 0.3 is 0 Å². The highest BCUT2D eigenvalue weighted by molar-refractivity contribution is 14.1. The molecule has 9 aromatic carbocycles. The number of phenols is 5. The van der Waals surface area contributed by atoms with Crippen LogP contribution in [0.25, 0.3) is 54.5 Å². The van der Waals surface area contributed by atoms with Crippen LogP contribution < -0.4 is 26.0 Å². The van der Waals surface area contributed by atoms with Crippen LogP contribution in [-0.2, 0) is 32.6 Å². The molecule has 0 unspecified atom stereocenters. The number of fused-ring (bicyclic) bond motifs is 5. The van der Waals surface area contributed by atoms with Crippen LogP contribution in [-0.4, -0.2) is 57.6 Å². The maximum Gasteiger partial charge on any atom is 0.156 e. The highest BCUT2D eigenvalue weighted by Gasteiger charge is 2.17. The first-order valence-electron chi connectivity index (χ1n) is 33.2. The quantitative estimate of drug-likeness (QED) is 0.0306. The van der Waals surface area contributed by atoms with Crippen molar-refractivity contribution in [1.29, 1.82) is 0 Å². The monoisotopic (exact) mass is 2320 g/mol. The second kappa shape index (κ2) is 40.0. The van der Waals surface area contributed by atoms with Crippen molar-refractivity contribution >= 4 is 279 Å². The minimum absolute atomic E-state index is 0.148. The molecule has 0 aliphatic carbocycles. The topological polar surface area (TPSA) is 223 Å². The Morgan fingerprint density at radius 3 is 1.06 bits per heavy atom. The number of aromatic hydroxyl groups is 5. The highest BCUT2D eigenvalue weighted by Crippen LogP contribution is 2.41. The summed E-state index contributed by atoms with van der Waals surface area (Å²) in [7, 11) is 1.64. The molecule has 0 aliphatic heterocycles. The molecule has 0 radical (unpaired) electrons. The van der Waals surface area contributed by atoms with E-state index >= 15 is 0 Å². The van der Waals surface area contributed by atoms with Gasteiger partial charge in [-0.3, -0.25) is 0 Å². The first kappa shape index (κ1) is 83.8. The number of ether oxygens (including phenoxy) is 1. The van der Waals surface area contributed by atoms with Crippen LogP contribution in [0, 0.1) is 28.1 Å². The van der Waals surface area contributed by atoms with E-state index in [1.807, 2.05) is 170 Å². The fourth-order valence-electron chi connectivity index (χ4n) is 11.0. The summed E-state index contributed by atoms with van der Waals surface area (Å²) < 4.78 is 14.7. The summed E-state index contributed by atoms with van der Waals surface area (Å²) in [6.07, 6.45) is 4.53. The summed E-state index contributed by atoms with van der Waals surface area (Å²) in [5, 5.41) is 68.9. The Kier molecular flexibility index (Phi) is 31.3. The summed E-state index contributed by atoms with van der Waals surface area (Å²) in [6, 6.07) is 61.4. The fourth-order valence-corrected chi connectivity index (χ4v) is 18.9. The molecule has 0 saturated heterocycles. The van der Waals surface area contributed by atoms with E-state index < -0.39 is 0 Å². The first-order valence-corrected chi connectivity index (χ1v) is 43.0. The van der Waals surface area contributed by atoms with E-state index in [9.17, 15) is 25.5 Å². The van der Waals surface area contributed by atoms with Crippen LogP contribution in [0.5, 0.6) is 34.5 Å². The number of hydrogen-bond acceptors (Lipinski definition) is 15. The van der Waals surface area contributed by atoms with E-state index in [2.05, 4.69) is 287 Å². The van der Waals surface area contributed by atoms with Gasteiger partial charge in [-0.25, -0.2) is 24.9 Å². The second-order valence-corrected chi connectivity index (χ2v) is 35.0. The van der Waals surface area contributed by atoms with Gasteiger partial charge in [-0.05, 0) is 340 Å². The van der Waals surface area contributed by atoms with E-state index in [-0.39, 0.29) is 28.7 Å². The minimum atomic E-state index is 0.148. The number of aryl methyl sites for hydroxylation is 3. The van der Waals surface area contributed by atoms with Crippen molar-refractivity contribution in [2.45, 2.75) is 72.6 Å². The highest BCUT2D eigenvalue weighted by atomic mass is 127. The lowest BCUT2D eigenvalue weighted by Gasteiger charge is -2.10. The Morgan fingerprint density at radius 1 is 0.336 bits per heavy atom. The molecule has 0 aliphatic rings. The SMILES string of the molecule is CCCCCc1ccc2c(Br)cc(Br)c(O)c2n1.COc1ccc(NCc2ccc3c(Br)cc(Br)c(O)c3n2)cc1.Cc1cc(C)cc(NCc2ccc3c(Br)cc(Br)c(O)c3n2)c1.Oc1c(I)cc(I)c2ccc(CNc3ccc(Br)cc3)nc12.Oc1c(I)cc(I)c2ccc(CNc3ccccc3)nc12. The van der Waals surface area contributed by atoms with Crippen molar-refractivity contribution in [3.05, 3.63) is 273 Å². The van der Waals surface area contributed by atoms with Gasteiger partial charge in [0.1, 0.15) is 33.3 Å². The van der Waals surface area contributed by atoms with Crippen molar-refractivity contribution < 1.29 is 30.3 Å². The summed E-state index contributed by atoms with van der Waals surface area (Å²) in [6.45, 7) is 8.75. The number of nitrogens with zero attached hydrogens (tertiary/aromatic N) is 5. The van der Waals surface area contributed by atoms with Gasteiger partial charge in [0.15, 0.2) is 28.7 Å². The van der Waals surface area contributed by atoms with Gasteiger partial charge in [0.25, 0.3) is 0 Å². The number of phenolic OH excluding ortho intramolecular Hbond substituents is 5. The van der Waals surface area contributed by atoms with Crippen LogP contribution in [0.1, 0.15) is 65.8 Å². The summed E-state index contributed by atoms with van der Waals surface area (Å²) in [5.41, 5.74) is 14.3. The zero-order valence-corrected chi connectivity index (χ0v) is 77.3. The van der Waals surface area contributed by atoms with Gasteiger partial charge in [0.05, 0.1) is 76.6 Å². The van der Waals surface area contributed by atoms with Gasteiger partial charge < -0.3 is 51.5 Å². The molecule has 0 spiro atoms. The second-order valence-electron chi connectivity index (χ2n) is 24.3. The normalized spacial score (nSPS) is 10.9. The Morgan fingerprint density at radius 2 is 0.673 bits per heavy atom. The molecule has 14 rings (SSSR count). The molecule has 5 aromatic heterocycles. The standard InChI is InChI=1S/C18H16Br2N2O.C17H14Br2N2O2.C16H11BrI2N2O.C16H12I2N2O.C14H15Br2NO/c1-10-5-11(2)7-13(6-10)21-9-12-3-4-14-15(19)8-16(20)18(23)17(14)22-12;1-23-12-5-2-10(3-6-12)20-9-11-4-7-13-14(18)8-15(19)17(22)16(13)21-11;17-9-1-3-10(4-2-9)20-8-11-5-6-12-13(18)7-14(19)16(22)15(12)21-11;17-13-8-14(18)16(21)15-12(13)7-6-11(20-15)9-19-10-4-2-1-3-5-10;1-2-3-4-5-9-6-7-10-11(15)8-12(16)14(18)13(10)17-9/h3-8,21,23H,9H2,1-2H3;2-8,20,22H,9H2,1H3;1-7,20,22H,8H2;1-8,19,21H,9H2;6-8,18H,2-5H2,1H3. The Balaban J connectivity index is 0.000000143. The van der Waals surface area contributed by atoms with Gasteiger partial charge in [-0.1, -0.05) is 108 Å². The van der Waals surface area contributed by atoms with Crippen LogP contribution in [0.2, 0.25) is 0 Å². The lowest BCUT2D eigenvalue weighted by molar-refractivity contribution is 0.415. The molecule has 26 heteroatoms. The molecular formula is C81H68Br7I4N9O6. The zero-order chi connectivity index (χ0) is 76.6. The molecule has 0 atom stereocenters. The maximum absolute atomic E-state index is 10.2. The third-order valence-electron chi connectivity index (χ3n) is 16.4. The lowest BCUT2D eigenvalue weighted by Crippen LogP contribution is -2.02. The molecule has 15 nitrogen and oxygen atoms in total. The van der Waals surface area contributed by atoms with E-state index in [1.165, 1.54) is 24.0 Å². The van der Waals surface area contributed by atoms with Crippen LogP contribution in [0.4, 0.5) is 22.7 Å². The predicted octanol–water partition coefficient (Wildman–Crippen LogP) is 26.3. The fraction of sp³-hybridized carbons (Fsp3) is 0.148. The van der Waals surface area contributed by atoms with Gasteiger partial charge in [0.2, 0.25) is 0 Å². The predicted molar refractivity (Wildman–Crippen MR) is 496 cm³/mol. The van der Waals surface area contributed by atoms with E-state index in [0.29, 0.717) is 67.2 Å². The third kappa shape index (κ3) is 22.8. The number of para-hydroxylation sites is 1. The Bertz CT molecular complexity index is 5490. The average molecular weight is 2330 g/mol. The smallest absolute Gasteiger partial charge is 0.156 e. The molecule has 0 fully saturated rings. The van der Waals surface area contributed by atoms with Gasteiger partial charge in [-0.2, -0.15) is 0 Å². The maximum atomic E-state index is 10.2. The number of benzene rings is 9. The third-order valence-corrected chi connectivity index (χ3v) is 24.2. The van der Waals surface area contributed by atoms with E-state index in [4.69, 9.17) is 4.74 Å². The van der Waals surface area contributed by atoms with Gasteiger partial charge in [0, 0.05) is 80.4 Å². The Labute approximate surface area is 733 Å². The summed E-state index contributed by atoms with van der Waals surface area (Å²) in [4.78, 5) is 22.9. The molecule has 14 aromatic rings. The molecule has 0 bridgehead atoms. The number of aromatic nitrogens is 5. The molecule has 5 heterocycles. The van der Waals surface area contributed by atoms with Crippen molar-refractivity contribution in [1.82, 2.24) is 24.9 Å². The average Bonchev–Trinajstić information content (AvgIpc) is 0.816. The van der Waals surface area contributed by atoms with Crippen molar-refractivity contribution in [3.8, 4) is 34.5 Å². The lowest BCUT2D eigenvalue weighted by atomic mass is 10.1. The first-order chi connectivity index (χ1) is 51.3. The van der Waals surface area contributed by atoms with Crippen molar-refractivity contribution in [2.24, 2.45) is 0 Å². The van der Waals surface area contributed by atoms with Crippen LogP contribution in [0.3, 0.4) is 0 Å². The van der Waals surface area contributed by atoms with Crippen LogP contribution in [0.15, 0.2) is 219 Å². The Hall–Kier alpha value is -5.69.